The summed E-state index contributed by atoms with van der Waals surface area (Å²) in [5.74, 6) is 0. The first-order valence-corrected chi connectivity index (χ1v) is 7.26. The molecule has 0 amide bonds. The number of aromatic nitrogens is 1. The number of nitrogens with one attached hydrogen (secondary N) is 1. The molecule has 0 radical (unpaired) electrons. The summed E-state index contributed by atoms with van der Waals surface area (Å²) in [7, 11) is 2.08. The van der Waals surface area contributed by atoms with Crippen LogP contribution in [0.4, 0.5) is 0 Å². The smallest absolute Gasteiger partial charge is 0.113 e. The van der Waals surface area contributed by atoms with Gasteiger partial charge in [0.15, 0.2) is 0 Å². The van der Waals surface area contributed by atoms with Crippen LogP contribution in [0.2, 0.25) is 0 Å². The Morgan fingerprint density at radius 1 is 1.12 bits per heavy atom. The van der Waals surface area contributed by atoms with E-state index in [1.165, 1.54) is 24.3 Å². The van der Waals surface area contributed by atoms with Gasteiger partial charge in [0.1, 0.15) is 5.01 Å². The Kier molecular flexibility index (Phi) is 3.11. The van der Waals surface area contributed by atoms with E-state index in [0.29, 0.717) is 10.8 Å². The van der Waals surface area contributed by atoms with Gasteiger partial charge in [-0.25, -0.2) is 4.98 Å². The molecule has 0 atom stereocenters. The van der Waals surface area contributed by atoms with Crippen molar-refractivity contribution in [3.05, 3.63) is 16.6 Å². The normalized spacial score (nSPS) is 25.7. The van der Waals surface area contributed by atoms with E-state index in [9.17, 15) is 0 Å². The molecule has 3 heteroatoms. The molecule has 1 heterocycles. The molecule has 1 aromatic heterocycles. The highest BCUT2D eigenvalue weighted by Crippen LogP contribution is 2.53. The Hall–Kier alpha value is -0.410. The predicted molar refractivity (Wildman–Crippen MR) is 74.3 cm³/mol. The maximum absolute atomic E-state index is 4.57. The summed E-state index contributed by atoms with van der Waals surface area (Å²) in [6.07, 6.45) is 5.56. The Balaban J connectivity index is 2.40. The van der Waals surface area contributed by atoms with Crippen LogP contribution < -0.4 is 5.32 Å². The summed E-state index contributed by atoms with van der Waals surface area (Å²) >= 11 is 1.78. The van der Waals surface area contributed by atoms with Crippen molar-refractivity contribution in [1.82, 2.24) is 10.3 Å². The van der Waals surface area contributed by atoms with Gasteiger partial charge < -0.3 is 5.32 Å². The van der Waals surface area contributed by atoms with Crippen LogP contribution >= 0.6 is 11.3 Å². The second kappa shape index (κ2) is 4.06. The van der Waals surface area contributed by atoms with Gasteiger partial charge in [-0.2, -0.15) is 0 Å². The SMILES string of the molecule is CNC1(c2nccs2)CC(C)(C)CC(C)(C)C1. The Morgan fingerprint density at radius 3 is 2.12 bits per heavy atom. The van der Waals surface area contributed by atoms with Crippen molar-refractivity contribution in [3.8, 4) is 0 Å². The zero-order valence-electron chi connectivity index (χ0n) is 11.6. The van der Waals surface area contributed by atoms with Crippen LogP contribution in [-0.4, -0.2) is 12.0 Å². The highest BCUT2D eigenvalue weighted by atomic mass is 32.1. The molecule has 0 spiro atoms. The van der Waals surface area contributed by atoms with Gasteiger partial charge in [-0.3, -0.25) is 0 Å². The standard InChI is InChI=1S/C14H24N2S/c1-12(2)8-13(3,4)10-14(9-12,15-5)11-16-6-7-17-11/h6-7,15H,8-10H2,1-5H3. The minimum atomic E-state index is 0.0689. The van der Waals surface area contributed by atoms with Gasteiger partial charge in [0.05, 0.1) is 5.54 Å². The van der Waals surface area contributed by atoms with Gasteiger partial charge in [0.25, 0.3) is 0 Å². The lowest BCUT2D eigenvalue weighted by molar-refractivity contribution is 0.0299. The molecule has 0 aliphatic heterocycles. The van der Waals surface area contributed by atoms with Crippen LogP contribution in [0, 0.1) is 10.8 Å². The lowest BCUT2D eigenvalue weighted by Crippen LogP contribution is -2.51. The summed E-state index contributed by atoms with van der Waals surface area (Å²) in [5.41, 5.74) is 0.812. The van der Waals surface area contributed by atoms with Crippen molar-refractivity contribution in [2.24, 2.45) is 10.8 Å². The third-order valence-electron chi connectivity index (χ3n) is 3.84. The van der Waals surface area contributed by atoms with Gasteiger partial charge in [-0.1, -0.05) is 27.7 Å². The molecule has 0 unspecified atom stereocenters. The first kappa shape index (κ1) is 13.0. The molecule has 1 N–H and O–H groups in total. The highest BCUT2D eigenvalue weighted by Gasteiger charge is 2.48. The van der Waals surface area contributed by atoms with E-state index < -0.39 is 0 Å². The second-order valence-corrected chi connectivity index (χ2v) is 7.92. The van der Waals surface area contributed by atoms with Gasteiger partial charge in [0.2, 0.25) is 0 Å². The van der Waals surface area contributed by atoms with Crippen LogP contribution in [-0.2, 0) is 5.54 Å². The molecule has 2 rings (SSSR count). The molecule has 1 fully saturated rings. The molecule has 1 aromatic rings. The third kappa shape index (κ3) is 2.55. The fourth-order valence-electron chi connectivity index (χ4n) is 4.01. The molecule has 1 aliphatic rings. The zero-order valence-corrected chi connectivity index (χ0v) is 12.4. The van der Waals surface area contributed by atoms with Crippen LogP contribution in [0.25, 0.3) is 0 Å². The van der Waals surface area contributed by atoms with Crippen LogP contribution in [0.3, 0.4) is 0 Å². The van der Waals surface area contributed by atoms with Gasteiger partial charge in [-0.05, 0) is 37.1 Å². The van der Waals surface area contributed by atoms with E-state index in [1.807, 2.05) is 6.20 Å². The first-order chi connectivity index (χ1) is 7.79. The summed E-state index contributed by atoms with van der Waals surface area (Å²) in [6, 6.07) is 0. The quantitative estimate of drug-likeness (QED) is 0.866. The number of hydrogen-bond donors (Lipinski definition) is 1. The van der Waals surface area contributed by atoms with Crippen molar-refractivity contribution in [1.29, 1.82) is 0 Å². The van der Waals surface area contributed by atoms with E-state index in [4.69, 9.17) is 0 Å². The molecular formula is C14H24N2S. The lowest BCUT2D eigenvalue weighted by atomic mass is 9.58. The molecule has 2 nitrogen and oxygen atoms in total. The molecule has 17 heavy (non-hydrogen) atoms. The Bertz CT molecular complexity index is 363. The summed E-state index contributed by atoms with van der Waals surface area (Å²) < 4.78 is 0. The summed E-state index contributed by atoms with van der Waals surface area (Å²) in [4.78, 5) is 4.57. The number of hydrogen-bond acceptors (Lipinski definition) is 3. The third-order valence-corrected chi connectivity index (χ3v) is 4.82. The topological polar surface area (TPSA) is 24.9 Å². The van der Waals surface area contributed by atoms with E-state index in [-0.39, 0.29) is 5.54 Å². The molecule has 0 saturated heterocycles. The maximum atomic E-state index is 4.57. The van der Waals surface area contributed by atoms with Gasteiger partial charge in [-0.15, -0.1) is 11.3 Å². The van der Waals surface area contributed by atoms with Crippen LogP contribution in [0.15, 0.2) is 11.6 Å². The molecule has 96 valence electrons. The Morgan fingerprint density at radius 2 is 1.71 bits per heavy atom. The number of nitrogens with zero attached hydrogens (tertiary/aromatic N) is 1. The van der Waals surface area contributed by atoms with Crippen molar-refractivity contribution in [2.75, 3.05) is 7.05 Å². The minimum Gasteiger partial charge on any atom is -0.308 e. The molecule has 0 bridgehead atoms. The summed E-state index contributed by atoms with van der Waals surface area (Å²) in [5, 5.41) is 6.92. The Labute approximate surface area is 109 Å². The van der Waals surface area contributed by atoms with Crippen molar-refractivity contribution in [3.63, 3.8) is 0 Å². The molecule has 1 saturated carbocycles. The van der Waals surface area contributed by atoms with Crippen LogP contribution in [0.1, 0.15) is 52.0 Å². The van der Waals surface area contributed by atoms with Gasteiger partial charge >= 0.3 is 0 Å². The second-order valence-electron chi connectivity index (χ2n) is 7.03. The van der Waals surface area contributed by atoms with Crippen molar-refractivity contribution in [2.45, 2.75) is 52.5 Å². The average molecular weight is 252 g/mol. The average Bonchev–Trinajstić information content (AvgIpc) is 2.65. The lowest BCUT2D eigenvalue weighted by Gasteiger charge is -2.51. The van der Waals surface area contributed by atoms with Crippen molar-refractivity contribution >= 4 is 11.3 Å². The van der Waals surface area contributed by atoms with Crippen molar-refractivity contribution < 1.29 is 0 Å². The highest BCUT2D eigenvalue weighted by molar-refractivity contribution is 7.09. The zero-order chi connectivity index (χ0) is 12.7. The van der Waals surface area contributed by atoms with E-state index in [1.54, 1.807) is 11.3 Å². The minimum absolute atomic E-state index is 0.0689. The predicted octanol–water partition coefficient (Wildman–Crippen LogP) is 3.79. The molecular weight excluding hydrogens is 228 g/mol. The summed E-state index contributed by atoms with van der Waals surface area (Å²) in [6.45, 7) is 9.53. The van der Waals surface area contributed by atoms with E-state index in [2.05, 4.69) is 50.4 Å². The first-order valence-electron chi connectivity index (χ1n) is 6.38. The van der Waals surface area contributed by atoms with E-state index >= 15 is 0 Å². The molecule has 1 aliphatic carbocycles. The van der Waals surface area contributed by atoms with Crippen LogP contribution in [0.5, 0.6) is 0 Å². The van der Waals surface area contributed by atoms with Gasteiger partial charge in [0, 0.05) is 11.6 Å². The molecule has 0 aromatic carbocycles. The largest absolute Gasteiger partial charge is 0.308 e. The number of rotatable bonds is 2. The fourth-order valence-corrected chi connectivity index (χ4v) is 4.86. The maximum Gasteiger partial charge on any atom is 0.113 e. The number of thiazole rings is 1. The van der Waals surface area contributed by atoms with E-state index in [0.717, 1.165) is 0 Å². The fraction of sp³-hybridized carbons (Fsp3) is 0.786. The monoisotopic (exact) mass is 252 g/mol.